The highest BCUT2D eigenvalue weighted by Crippen LogP contribution is 2.35. The molecule has 0 aliphatic carbocycles. The van der Waals surface area contributed by atoms with Crippen molar-refractivity contribution < 1.29 is 14.0 Å². The van der Waals surface area contributed by atoms with E-state index in [1.54, 1.807) is 36.6 Å². The van der Waals surface area contributed by atoms with Gasteiger partial charge in [-0.25, -0.2) is 4.90 Å². The number of benzene rings is 1. The Kier molecular flexibility index (Phi) is 3.98. The summed E-state index contributed by atoms with van der Waals surface area (Å²) in [7, 11) is 0. The Bertz CT molecular complexity index is 775. The SMILES string of the molecule is Cc1ccccc1N1C(=O)S/C(=C/C=C/c2ccco2)C1=O. The number of rotatable bonds is 3. The van der Waals surface area contributed by atoms with Crippen molar-refractivity contribution >= 4 is 34.7 Å². The molecule has 0 atom stereocenters. The van der Waals surface area contributed by atoms with Crippen LogP contribution in [0.1, 0.15) is 11.3 Å². The van der Waals surface area contributed by atoms with E-state index in [4.69, 9.17) is 4.42 Å². The van der Waals surface area contributed by atoms with Crippen molar-refractivity contribution in [2.24, 2.45) is 0 Å². The molecule has 2 heterocycles. The van der Waals surface area contributed by atoms with E-state index in [0.717, 1.165) is 17.3 Å². The smallest absolute Gasteiger partial charge is 0.298 e. The van der Waals surface area contributed by atoms with Crippen LogP contribution in [0.15, 0.2) is 64.1 Å². The second-order valence-corrected chi connectivity index (χ2v) is 5.69. The highest BCUT2D eigenvalue weighted by atomic mass is 32.2. The molecule has 1 aromatic heterocycles. The molecule has 1 fully saturated rings. The number of allylic oxidation sites excluding steroid dienone is 2. The molecule has 0 spiro atoms. The van der Waals surface area contributed by atoms with Crippen molar-refractivity contribution in [2.75, 3.05) is 4.90 Å². The van der Waals surface area contributed by atoms with E-state index in [2.05, 4.69) is 0 Å². The van der Waals surface area contributed by atoms with E-state index in [1.165, 1.54) is 4.90 Å². The summed E-state index contributed by atoms with van der Waals surface area (Å²) in [6, 6.07) is 10.9. The third-order valence-corrected chi connectivity index (χ3v) is 4.09. The Labute approximate surface area is 132 Å². The monoisotopic (exact) mass is 311 g/mol. The first-order valence-corrected chi connectivity index (χ1v) is 7.52. The lowest BCUT2D eigenvalue weighted by molar-refractivity contribution is -0.113. The van der Waals surface area contributed by atoms with Gasteiger partial charge in [0.05, 0.1) is 16.9 Å². The second-order valence-electron chi connectivity index (χ2n) is 4.70. The summed E-state index contributed by atoms with van der Waals surface area (Å²) in [5.74, 6) is 0.391. The number of anilines is 1. The molecule has 1 saturated heterocycles. The molecular formula is C17H13NO3S. The Hall–Kier alpha value is -2.53. The molecule has 0 unspecified atom stereocenters. The first kappa shape index (κ1) is 14.4. The minimum atomic E-state index is -0.298. The van der Waals surface area contributed by atoms with E-state index >= 15 is 0 Å². The van der Waals surface area contributed by atoms with Gasteiger partial charge in [0, 0.05) is 0 Å². The van der Waals surface area contributed by atoms with Gasteiger partial charge < -0.3 is 4.42 Å². The number of hydrogen-bond donors (Lipinski definition) is 0. The zero-order valence-electron chi connectivity index (χ0n) is 11.9. The Morgan fingerprint density at radius 3 is 2.68 bits per heavy atom. The van der Waals surface area contributed by atoms with Crippen LogP contribution in [0.4, 0.5) is 10.5 Å². The molecule has 0 bridgehead atoms. The summed E-state index contributed by atoms with van der Waals surface area (Å²) in [4.78, 5) is 26.2. The van der Waals surface area contributed by atoms with E-state index < -0.39 is 0 Å². The summed E-state index contributed by atoms with van der Waals surface area (Å²) in [6.45, 7) is 1.87. The van der Waals surface area contributed by atoms with Gasteiger partial charge in [-0.1, -0.05) is 24.3 Å². The van der Waals surface area contributed by atoms with Gasteiger partial charge in [0.1, 0.15) is 5.76 Å². The average molecular weight is 311 g/mol. The zero-order valence-corrected chi connectivity index (χ0v) is 12.7. The molecular weight excluding hydrogens is 298 g/mol. The number of carbonyl (C=O) groups excluding carboxylic acids is 2. The number of thioether (sulfide) groups is 1. The van der Waals surface area contributed by atoms with Gasteiger partial charge in [-0.05, 0) is 54.6 Å². The van der Waals surface area contributed by atoms with E-state index in [0.29, 0.717) is 16.4 Å². The maximum atomic E-state index is 12.4. The van der Waals surface area contributed by atoms with Crippen molar-refractivity contribution in [3.8, 4) is 0 Å². The second kappa shape index (κ2) is 6.07. The third-order valence-electron chi connectivity index (χ3n) is 3.20. The van der Waals surface area contributed by atoms with E-state index in [9.17, 15) is 9.59 Å². The Morgan fingerprint density at radius 2 is 1.95 bits per heavy atom. The van der Waals surface area contributed by atoms with Crippen LogP contribution < -0.4 is 4.90 Å². The molecule has 1 aliphatic rings. The lowest BCUT2D eigenvalue weighted by Gasteiger charge is -2.14. The van der Waals surface area contributed by atoms with Crippen LogP contribution in [-0.2, 0) is 4.79 Å². The van der Waals surface area contributed by atoms with Crippen LogP contribution in [0.3, 0.4) is 0 Å². The molecule has 1 aromatic carbocycles. The molecule has 2 amide bonds. The van der Waals surface area contributed by atoms with Gasteiger partial charge in [0.15, 0.2) is 0 Å². The van der Waals surface area contributed by atoms with Gasteiger partial charge in [0.25, 0.3) is 11.1 Å². The van der Waals surface area contributed by atoms with Crippen LogP contribution in [-0.4, -0.2) is 11.1 Å². The lowest BCUT2D eigenvalue weighted by atomic mass is 10.2. The van der Waals surface area contributed by atoms with Gasteiger partial charge in [-0.3, -0.25) is 9.59 Å². The minimum absolute atomic E-state index is 0.281. The van der Waals surface area contributed by atoms with Crippen LogP contribution in [0.25, 0.3) is 6.08 Å². The predicted molar refractivity (Wildman–Crippen MR) is 87.5 cm³/mol. The fourth-order valence-corrected chi connectivity index (χ4v) is 2.91. The average Bonchev–Trinajstić information content (AvgIpc) is 3.10. The number of aryl methyl sites for hydroxylation is 1. The largest absolute Gasteiger partial charge is 0.465 e. The summed E-state index contributed by atoms with van der Waals surface area (Å²) in [5.41, 5.74) is 1.51. The quantitative estimate of drug-likeness (QED) is 0.789. The number of carbonyl (C=O) groups is 2. The van der Waals surface area contributed by atoms with Gasteiger partial charge in [0.2, 0.25) is 0 Å². The summed E-state index contributed by atoms with van der Waals surface area (Å²) in [5, 5.41) is -0.281. The number of nitrogens with zero attached hydrogens (tertiary/aromatic N) is 1. The molecule has 5 heteroatoms. The Balaban J connectivity index is 1.84. The van der Waals surface area contributed by atoms with Crippen LogP contribution >= 0.6 is 11.8 Å². The van der Waals surface area contributed by atoms with E-state index in [1.807, 2.05) is 31.2 Å². The topological polar surface area (TPSA) is 50.5 Å². The van der Waals surface area contributed by atoms with Crippen molar-refractivity contribution in [2.45, 2.75) is 6.92 Å². The molecule has 3 rings (SSSR count). The minimum Gasteiger partial charge on any atom is -0.465 e. The standard InChI is InChI=1S/C17H13NO3S/c1-12-6-2-3-9-14(12)18-16(19)15(22-17(18)20)10-4-7-13-8-5-11-21-13/h2-11H,1H3/b7-4+,15-10+. The van der Waals surface area contributed by atoms with Gasteiger partial charge in [-0.2, -0.15) is 0 Å². The molecule has 0 radical (unpaired) electrons. The zero-order chi connectivity index (χ0) is 15.5. The summed E-state index contributed by atoms with van der Waals surface area (Å²) >= 11 is 0.939. The van der Waals surface area contributed by atoms with Crippen molar-refractivity contribution in [1.82, 2.24) is 0 Å². The summed E-state index contributed by atoms with van der Waals surface area (Å²) < 4.78 is 5.17. The molecule has 0 N–H and O–H groups in total. The molecule has 1 aliphatic heterocycles. The molecule has 110 valence electrons. The first-order chi connectivity index (χ1) is 10.7. The molecule has 0 saturated carbocycles. The Morgan fingerprint density at radius 1 is 1.14 bits per heavy atom. The highest BCUT2D eigenvalue weighted by molar-refractivity contribution is 8.18. The van der Waals surface area contributed by atoms with Crippen LogP contribution in [0, 0.1) is 6.92 Å². The van der Waals surface area contributed by atoms with Crippen LogP contribution in [0.2, 0.25) is 0 Å². The van der Waals surface area contributed by atoms with Crippen LogP contribution in [0.5, 0.6) is 0 Å². The predicted octanol–water partition coefficient (Wildman–Crippen LogP) is 4.39. The fourth-order valence-electron chi connectivity index (χ4n) is 2.12. The lowest BCUT2D eigenvalue weighted by Crippen LogP contribution is -2.28. The van der Waals surface area contributed by atoms with Crippen molar-refractivity contribution in [1.29, 1.82) is 0 Å². The molecule has 2 aromatic rings. The molecule has 4 nitrogen and oxygen atoms in total. The van der Waals surface area contributed by atoms with Gasteiger partial charge >= 0.3 is 0 Å². The number of furan rings is 1. The highest BCUT2D eigenvalue weighted by Gasteiger charge is 2.36. The molecule has 22 heavy (non-hydrogen) atoms. The number of amides is 2. The number of para-hydroxylation sites is 1. The fraction of sp³-hybridized carbons (Fsp3) is 0.0588. The van der Waals surface area contributed by atoms with E-state index in [-0.39, 0.29) is 11.1 Å². The third kappa shape index (κ3) is 2.76. The van der Waals surface area contributed by atoms with Crippen molar-refractivity contribution in [3.63, 3.8) is 0 Å². The first-order valence-electron chi connectivity index (χ1n) is 6.70. The normalized spacial score (nSPS) is 17.1. The maximum absolute atomic E-state index is 12.4. The number of hydrogen-bond acceptors (Lipinski definition) is 4. The summed E-state index contributed by atoms with van der Waals surface area (Å²) in [6.07, 6.45) is 6.65. The van der Waals surface area contributed by atoms with Gasteiger partial charge in [-0.15, -0.1) is 0 Å². The van der Waals surface area contributed by atoms with Crippen molar-refractivity contribution in [3.05, 3.63) is 71.0 Å². The maximum Gasteiger partial charge on any atom is 0.298 e. The number of imide groups is 1.